The van der Waals surface area contributed by atoms with Gasteiger partial charge in [-0.1, -0.05) is 0 Å². The van der Waals surface area contributed by atoms with E-state index in [1.807, 2.05) is 10.6 Å². The van der Waals surface area contributed by atoms with E-state index in [2.05, 4.69) is 35.2 Å². The van der Waals surface area contributed by atoms with Gasteiger partial charge in [0, 0.05) is 58.1 Å². The average Bonchev–Trinajstić information content (AvgIpc) is 3.95. The number of rotatable bonds is 33. The van der Waals surface area contributed by atoms with Crippen molar-refractivity contribution in [3.8, 4) is 0 Å². The Kier molecular flexibility index (Phi) is 36.3. The first-order valence-electron chi connectivity index (χ1n) is 20.5. The van der Waals surface area contributed by atoms with E-state index in [9.17, 15) is 93.3 Å². The summed E-state index contributed by atoms with van der Waals surface area (Å²) in [4.78, 5) is 154. The molecule has 405 valence electrons. The number of unbranched alkanes of at least 4 members (excludes halogenated alkanes) is 1. The molecule has 0 spiro atoms. The first-order chi connectivity index (χ1) is 34.4. The zero-order chi connectivity index (χ0) is 56.4. The van der Waals surface area contributed by atoms with Crippen LogP contribution in [0.1, 0.15) is 56.6 Å². The molecule has 33 nitrogen and oxygen atoms in total. The van der Waals surface area contributed by atoms with Gasteiger partial charge in [0.25, 0.3) is 0 Å². The molecule has 0 aliphatic rings. The fraction of sp³-hybridized carbons (Fsp3) is 0.475. The van der Waals surface area contributed by atoms with E-state index in [4.69, 9.17) is 19.1 Å². The number of carboxylic acids is 8. The van der Waals surface area contributed by atoms with Crippen molar-refractivity contribution in [1.82, 2.24) is 49.8 Å². The van der Waals surface area contributed by atoms with Crippen molar-refractivity contribution in [3.05, 3.63) is 56.4 Å². The fourth-order valence-corrected chi connectivity index (χ4v) is 6.12. The number of aliphatic carboxylic acids is 8. The maximum atomic E-state index is 13.0. The number of aromatic nitrogens is 4. The van der Waals surface area contributed by atoms with Gasteiger partial charge in [-0.15, -0.1) is 0 Å². The normalized spacial score (nSPS) is 11.1. The molecule has 3 atom stereocenters. The van der Waals surface area contributed by atoms with Crippen LogP contribution in [0.5, 0.6) is 0 Å². The van der Waals surface area contributed by atoms with Gasteiger partial charge in [0.15, 0.2) is 0 Å². The van der Waals surface area contributed by atoms with Crippen molar-refractivity contribution in [3.63, 3.8) is 0 Å². The summed E-state index contributed by atoms with van der Waals surface area (Å²) in [5, 5.41) is 80.4. The second-order valence-electron chi connectivity index (χ2n) is 14.6. The summed E-state index contributed by atoms with van der Waals surface area (Å²) >= 11 is 0. The molecule has 0 bridgehead atoms. The molecule has 0 fully saturated rings. The summed E-state index contributed by atoms with van der Waals surface area (Å²) < 4.78 is 25.1. The maximum absolute atomic E-state index is 13.0. The van der Waals surface area contributed by atoms with Crippen LogP contribution in [0, 0.1) is 20.0 Å². The molecule has 1 radical (unpaired) electrons. The van der Waals surface area contributed by atoms with Crippen LogP contribution in [0.4, 0.5) is 4.79 Å². The molecule has 0 unspecified atom stereocenters. The molecule has 0 aliphatic heterocycles. The Balaban J connectivity index is -0.00000693. The second kappa shape index (κ2) is 38.4. The molecule has 74 heavy (non-hydrogen) atoms. The van der Waals surface area contributed by atoms with E-state index >= 15 is 0 Å². The van der Waals surface area contributed by atoms with Gasteiger partial charge in [-0.3, -0.25) is 43.3 Å². The minimum atomic E-state index is -1.75. The summed E-state index contributed by atoms with van der Waals surface area (Å²) in [7, 11) is 0. The van der Waals surface area contributed by atoms with E-state index in [1.165, 1.54) is 33.9 Å². The minimum Gasteiger partial charge on any atom is 0 e. The zero-order valence-electron chi connectivity index (χ0n) is 38.6. The number of carbonyl (C=O) groups is 12. The molecule has 2 aromatic heterocycles. The van der Waals surface area contributed by atoms with Crippen molar-refractivity contribution < 1.29 is 133 Å². The molecule has 2 rings (SSSR count). The van der Waals surface area contributed by atoms with E-state index in [1.54, 1.807) is 4.90 Å². The molecule has 0 saturated heterocycles. The van der Waals surface area contributed by atoms with Crippen molar-refractivity contribution in [2.45, 2.75) is 89.3 Å². The van der Waals surface area contributed by atoms with Gasteiger partial charge in [-0.05, 0) is 38.6 Å². The molecule has 0 aliphatic carbocycles. The number of carboxylic acid groups (broad SMARTS) is 8. The molecule has 2 heterocycles. The minimum absolute atomic E-state index is 0. The van der Waals surface area contributed by atoms with Crippen molar-refractivity contribution >= 4 is 71.5 Å². The SMILES string of the molecule is O=C(O)CC[C@@H](NC(=O)N[C@@H](CCC(=O)N[C@H](CCCCN(Cc1nccn1CC(=O)N(CC(=O)O)CC(=O)O)Cc1nccn1CC(=O)N(CC(=O)O)CC(=O)O)C(=O)O)C(=O)O)C(=O)O.[C-]#[O+].[C-]#[O+].[C-]#[O+].[Re]. The molecular formula is C40H50N10O23Re. The third-order valence-electron chi connectivity index (χ3n) is 9.32. The fourth-order valence-electron chi connectivity index (χ4n) is 6.12. The van der Waals surface area contributed by atoms with Crippen molar-refractivity contribution in [2.24, 2.45) is 0 Å². The van der Waals surface area contributed by atoms with Crippen LogP contribution in [-0.4, -0.2) is 197 Å². The molecule has 11 N–H and O–H groups in total. The third-order valence-corrected chi connectivity index (χ3v) is 9.32. The van der Waals surface area contributed by atoms with E-state index in [-0.39, 0.29) is 71.0 Å². The number of amides is 5. The van der Waals surface area contributed by atoms with Crippen LogP contribution in [-0.2, 0) is 113 Å². The first kappa shape index (κ1) is 70.0. The Morgan fingerprint density at radius 2 is 0.865 bits per heavy atom. The van der Waals surface area contributed by atoms with Crippen LogP contribution in [0.3, 0.4) is 0 Å². The molecule has 2 aromatic rings. The Hall–Kier alpha value is -8.30. The van der Waals surface area contributed by atoms with Gasteiger partial charge in [0.05, 0.1) is 13.1 Å². The summed E-state index contributed by atoms with van der Waals surface area (Å²) in [6.07, 6.45) is 3.15. The van der Waals surface area contributed by atoms with Crippen LogP contribution >= 0.6 is 0 Å². The number of hydrogen-bond acceptors (Lipinski definition) is 15. The van der Waals surface area contributed by atoms with E-state index in [0.717, 1.165) is 0 Å². The Labute approximate surface area is 431 Å². The number of carbonyl (C=O) groups excluding carboxylic acids is 4. The maximum Gasteiger partial charge on any atom is 0 e. The number of hydrogen-bond donors (Lipinski definition) is 11. The Morgan fingerprint density at radius 3 is 1.20 bits per heavy atom. The van der Waals surface area contributed by atoms with Gasteiger partial charge in [0.2, 0.25) is 17.7 Å². The summed E-state index contributed by atoms with van der Waals surface area (Å²) in [6, 6.07) is -6.22. The molecule has 0 saturated carbocycles. The predicted molar refractivity (Wildman–Crippen MR) is 228 cm³/mol. The standard InChI is InChI=1S/C37H50N10O20.3CO.Re/c48-26(6-4-22(35(63)64)41-37(67)42-23(36(65)66)5-7-29(51)52)40-21(34(61)62)3-1-2-10-43(13-24-38-8-11-44(24)15-27(49)46(17-30(53)54)18-31(55)56)14-25-39-9-12-45(25)16-28(50)47(19-32(57)58)20-33(59)60;3*1-2;/h8-9,11-12,21-23H,1-7,10,13-20H2,(H,40,48)(H,51,52)(H,53,54)(H,55,56)(H,57,58)(H,59,60)(H,61,62)(H,63,64)(H,65,66)(H2,41,42,67);;;;/t21-,22+,23-;;;;/m1..../s1. The smallest absolute Gasteiger partial charge is 0 e. The Morgan fingerprint density at radius 1 is 0.514 bits per heavy atom. The largest absolute Gasteiger partial charge is 0 e. The number of imidazole rings is 2. The van der Waals surface area contributed by atoms with E-state index in [0.29, 0.717) is 9.80 Å². The monoisotopic (exact) mass is 1230 g/mol. The van der Waals surface area contributed by atoms with Crippen LogP contribution in [0.15, 0.2) is 24.8 Å². The zero-order valence-corrected chi connectivity index (χ0v) is 41.3. The van der Waals surface area contributed by atoms with Gasteiger partial charge in [-0.2, -0.15) is 0 Å². The van der Waals surface area contributed by atoms with Crippen LogP contribution in [0.2, 0.25) is 0 Å². The molecule has 0 aromatic carbocycles. The van der Waals surface area contributed by atoms with Gasteiger partial charge < -0.3 is 75.7 Å². The summed E-state index contributed by atoms with van der Waals surface area (Å²) in [5.41, 5.74) is 0. The predicted octanol–water partition coefficient (Wildman–Crippen LogP) is -3.45. The number of urea groups is 1. The Bertz CT molecular complexity index is 2160. The first-order valence-corrected chi connectivity index (χ1v) is 20.5. The van der Waals surface area contributed by atoms with Gasteiger partial charge in [0.1, 0.15) is 69.0 Å². The molecule has 34 heteroatoms. The topological polar surface area (TPSA) is 508 Å². The number of nitrogens with zero attached hydrogens (tertiary/aromatic N) is 7. The van der Waals surface area contributed by atoms with Crippen molar-refractivity contribution in [1.29, 1.82) is 0 Å². The van der Waals surface area contributed by atoms with Crippen LogP contribution in [0.25, 0.3) is 0 Å². The van der Waals surface area contributed by atoms with Crippen molar-refractivity contribution in [2.75, 3.05) is 32.7 Å². The number of nitrogens with one attached hydrogen (secondary N) is 3. The summed E-state index contributed by atoms with van der Waals surface area (Å²) in [6.45, 7) is 8.68. The second-order valence-corrected chi connectivity index (χ2v) is 14.6. The summed E-state index contributed by atoms with van der Waals surface area (Å²) in [5.74, 6) is -14.2. The van der Waals surface area contributed by atoms with Crippen LogP contribution < -0.4 is 16.0 Å². The van der Waals surface area contributed by atoms with E-state index < -0.39 is 155 Å². The van der Waals surface area contributed by atoms with Gasteiger partial charge >= 0.3 is 87.7 Å². The molecule has 5 amide bonds. The molecular weight excluding hydrogens is 1170 g/mol. The average molecular weight is 1230 g/mol. The van der Waals surface area contributed by atoms with Gasteiger partial charge in [-0.25, -0.2) is 29.1 Å². The quantitative estimate of drug-likeness (QED) is 0.0188. The third kappa shape index (κ3) is 29.1.